The summed E-state index contributed by atoms with van der Waals surface area (Å²) in [4.78, 5) is 11.8. The van der Waals surface area contributed by atoms with Crippen LogP contribution in [0.25, 0.3) is 0 Å². The van der Waals surface area contributed by atoms with Crippen molar-refractivity contribution >= 4 is 5.97 Å². The van der Waals surface area contributed by atoms with E-state index in [4.69, 9.17) is 4.74 Å². The van der Waals surface area contributed by atoms with Crippen molar-refractivity contribution in [2.24, 2.45) is 0 Å². The molecule has 0 unspecified atom stereocenters. The molecule has 0 aliphatic rings. The molecular weight excluding hydrogens is 240 g/mol. The van der Waals surface area contributed by atoms with Gasteiger partial charge in [-0.15, -0.1) is 0 Å². The van der Waals surface area contributed by atoms with Crippen LogP contribution < -0.4 is 0 Å². The molecule has 0 saturated heterocycles. The van der Waals surface area contributed by atoms with Crippen LogP contribution in [0.1, 0.15) is 34.2 Å². The van der Waals surface area contributed by atoms with Gasteiger partial charge in [-0.1, -0.05) is 29.8 Å². The van der Waals surface area contributed by atoms with Gasteiger partial charge in [0.25, 0.3) is 0 Å². The number of aromatic nitrogens is 2. The predicted molar refractivity (Wildman–Crippen MR) is 73.2 cm³/mol. The van der Waals surface area contributed by atoms with Crippen molar-refractivity contribution in [2.75, 3.05) is 6.61 Å². The normalized spacial score (nSPS) is 10.5. The minimum absolute atomic E-state index is 0.324. The number of nitrogens with zero attached hydrogens (tertiary/aromatic N) is 2. The van der Waals surface area contributed by atoms with Crippen LogP contribution in [0.2, 0.25) is 0 Å². The first kappa shape index (κ1) is 13.3. The average molecular weight is 258 g/mol. The molecule has 0 aliphatic carbocycles. The summed E-state index contributed by atoms with van der Waals surface area (Å²) in [5.74, 6) is -0.324. The molecule has 0 spiro atoms. The molecule has 1 aromatic heterocycles. The summed E-state index contributed by atoms with van der Waals surface area (Å²) >= 11 is 0. The molecule has 1 heterocycles. The number of esters is 1. The summed E-state index contributed by atoms with van der Waals surface area (Å²) in [5, 5.41) is 4.35. The van der Waals surface area contributed by atoms with E-state index in [1.54, 1.807) is 17.7 Å². The molecule has 4 nitrogen and oxygen atoms in total. The van der Waals surface area contributed by atoms with Crippen LogP contribution in [0.5, 0.6) is 0 Å². The van der Waals surface area contributed by atoms with Crippen LogP contribution in [0.3, 0.4) is 0 Å². The molecule has 2 aromatic rings. The lowest BCUT2D eigenvalue weighted by molar-refractivity contribution is 0.0512. The smallest absolute Gasteiger partial charge is 0.356 e. The number of ether oxygens (including phenoxy) is 1. The maximum Gasteiger partial charge on any atom is 0.356 e. The lowest BCUT2D eigenvalue weighted by Crippen LogP contribution is -2.14. The van der Waals surface area contributed by atoms with Gasteiger partial charge in [-0.25, -0.2) is 4.79 Å². The molecule has 1 aromatic carbocycles. The Balaban J connectivity index is 2.24. The van der Waals surface area contributed by atoms with E-state index < -0.39 is 0 Å². The molecule has 2 rings (SSSR count). The van der Waals surface area contributed by atoms with Crippen LogP contribution >= 0.6 is 0 Å². The number of aryl methyl sites for hydroxylation is 2. The fourth-order valence-electron chi connectivity index (χ4n) is 1.90. The molecular formula is C15H18N2O2. The number of hydrogen-bond donors (Lipinski definition) is 0. The third-order valence-corrected chi connectivity index (χ3v) is 2.84. The van der Waals surface area contributed by atoms with Crippen molar-refractivity contribution in [2.45, 2.75) is 27.3 Å². The number of carbonyl (C=O) groups excluding carboxylic acids is 1. The molecule has 0 atom stereocenters. The van der Waals surface area contributed by atoms with Gasteiger partial charge in [0.05, 0.1) is 18.8 Å². The van der Waals surface area contributed by atoms with Crippen molar-refractivity contribution in [1.29, 1.82) is 0 Å². The van der Waals surface area contributed by atoms with Crippen molar-refractivity contribution in [3.8, 4) is 0 Å². The molecule has 0 N–H and O–H groups in total. The van der Waals surface area contributed by atoms with Gasteiger partial charge in [-0.2, -0.15) is 5.10 Å². The second kappa shape index (κ2) is 5.69. The summed E-state index contributed by atoms with van der Waals surface area (Å²) < 4.78 is 6.73. The standard InChI is InChI=1S/C15H18N2O2/c1-4-19-15(18)14-9-12(3)16-17(14)10-13-7-5-11(2)6-8-13/h5-9H,4,10H2,1-3H3. The second-order valence-corrected chi connectivity index (χ2v) is 4.53. The highest BCUT2D eigenvalue weighted by Crippen LogP contribution is 2.10. The van der Waals surface area contributed by atoms with E-state index in [1.165, 1.54) is 5.56 Å². The molecule has 0 bridgehead atoms. The fourth-order valence-corrected chi connectivity index (χ4v) is 1.90. The van der Waals surface area contributed by atoms with Crippen molar-refractivity contribution in [1.82, 2.24) is 9.78 Å². The summed E-state index contributed by atoms with van der Waals surface area (Å²) in [7, 11) is 0. The van der Waals surface area contributed by atoms with Gasteiger partial charge in [0.2, 0.25) is 0 Å². The SMILES string of the molecule is CCOC(=O)c1cc(C)nn1Cc1ccc(C)cc1. The van der Waals surface area contributed by atoms with E-state index in [0.29, 0.717) is 18.8 Å². The minimum atomic E-state index is -0.324. The van der Waals surface area contributed by atoms with E-state index >= 15 is 0 Å². The first-order chi connectivity index (χ1) is 9.10. The molecule has 0 aliphatic heterocycles. The van der Waals surface area contributed by atoms with Gasteiger partial charge in [0.1, 0.15) is 5.69 Å². The van der Waals surface area contributed by atoms with Crippen LogP contribution in [0.15, 0.2) is 30.3 Å². The maximum absolute atomic E-state index is 11.8. The van der Waals surface area contributed by atoms with Crippen LogP contribution in [-0.4, -0.2) is 22.4 Å². The largest absolute Gasteiger partial charge is 0.461 e. The van der Waals surface area contributed by atoms with Crippen LogP contribution in [-0.2, 0) is 11.3 Å². The van der Waals surface area contributed by atoms with Gasteiger partial charge >= 0.3 is 5.97 Å². The monoisotopic (exact) mass is 258 g/mol. The number of benzene rings is 1. The molecule has 19 heavy (non-hydrogen) atoms. The summed E-state index contributed by atoms with van der Waals surface area (Å²) in [5.41, 5.74) is 3.64. The zero-order valence-electron chi connectivity index (χ0n) is 11.5. The highest BCUT2D eigenvalue weighted by atomic mass is 16.5. The van der Waals surface area contributed by atoms with Gasteiger partial charge in [0, 0.05) is 0 Å². The van der Waals surface area contributed by atoms with E-state index in [-0.39, 0.29) is 5.97 Å². The molecule has 100 valence electrons. The molecule has 0 radical (unpaired) electrons. The molecule has 0 saturated carbocycles. The van der Waals surface area contributed by atoms with Crippen LogP contribution in [0.4, 0.5) is 0 Å². The summed E-state index contributed by atoms with van der Waals surface area (Å²) in [6, 6.07) is 9.94. The fraction of sp³-hybridized carbons (Fsp3) is 0.333. The first-order valence-corrected chi connectivity index (χ1v) is 6.37. The lowest BCUT2D eigenvalue weighted by atomic mass is 10.1. The van der Waals surface area contributed by atoms with Gasteiger partial charge in [0.15, 0.2) is 0 Å². The van der Waals surface area contributed by atoms with Gasteiger partial charge in [-0.05, 0) is 32.4 Å². The van der Waals surface area contributed by atoms with Crippen molar-refractivity contribution in [3.63, 3.8) is 0 Å². The number of carbonyl (C=O) groups is 1. The van der Waals surface area contributed by atoms with Crippen molar-refractivity contribution in [3.05, 3.63) is 52.8 Å². The zero-order valence-corrected chi connectivity index (χ0v) is 11.5. The summed E-state index contributed by atoms with van der Waals surface area (Å²) in [6.45, 7) is 6.65. The van der Waals surface area contributed by atoms with E-state index in [2.05, 4.69) is 17.2 Å². The Bertz CT molecular complexity index is 570. The lowest BCUT2D eigenvalue weighted by Gasteiger charge is -2.07. The predicted octanol–water partition coefficient (Wildman–Crippen LogP) is 2.72. The van der Waals surface area contributed by atoms with E-state index in [1.807, 2.05) is 26.0 Å². The molecule has 4 heteroatoms. The first-order valence-electron chi connectivity index (χ1n) is 6.37. The highest BCUT2D eigenvalue weighted by molar-refractivity contribution is 5.87. The Morgan fingerprint density at radius 3 is 2.58 bits per heavy atom. The Morgan fingerprint density at radius 1 is 1.26 bits per heavy atom. The Hall–Kier alpha value is -2.10. The Labute approximate surface area is 113 Å². The third kappa shape index (κ3) is 3.22. The van der Waals surface area contributed by atoms with E-state index in [9.17, 15) is 4.79 Å². The molecule has 0 fully saturated rings. The second-order valence-electron chi connectivity index (χ2n) is 4.53. The van der Waals surface area contributed by atoms with Crippen LogP contribution in [0, 0.1) is 13.8 Å². The number of rotatable bonds is 4. The van der Waals surface area contributed by atoms with Gasteiger partial charge < -0.3 is 4.74 Å². The minimum Gasteiger partial charge on any atom is -0.461 e. The van der Waals surface area contributed by atoms with Crippen molar-refractivity contribution < 1.29 is 9.53 Å². The Morgan fingerprint density at radius 2 is 1.95 bits per heavy atom. The Kier molecular flexibility index (Phi) is 4.00. The topological polar surface area (TPSA) is 44.1 Å². The molecule has 0 amide bonds. The van der Waals surface area contributed by atoms with E-state index in [0.717, 1.165) is 11.3 Å². The maximum atomic E-state index is 11.8. The third-order valence-electron chi connectivity index (χ3n) is 2.84. The van der Waals surface area contributed by atoms with Gasteiger partial charge in [-0.3, -0.25) is 4.68 Å². The zero-order chi connectivity index (χ0) is 13.8. The quantitative estimate of drug-likeness (QED) is 0.792. The highest BCUT2D eigenvalue weighted by Gasteiger charge is 2.15. The average Bonchev–Trinajstić information content (AvgIpc) is 2.74. The number of hydrogen-bond acceptors (Lipinski definition) is 3. The summed E-state index contributed by atoms with van der Waals surface area (Å²) in [6.07, 6.45) is 0.